The van der Waals surface area contributed by atoms with Crippen LogP contribution in [0.4, 0.5) is 11.4 Å². The number of halogens is 1. The third kappa shape index (κ3) is 4.61. The van der Waals surface area contributed by atoms with Crippen molar-refractivity contribution in [2.24, 2.45) is 10.9 Å². The summed E-state index contributed by atoms with van der Waals surface area (Å²) in [6, 6.07) is 11.0. The maximum absolute atomic E-state index is 13.3. The van der Waals surface area contributed by atoms with Crippen LogP contribution in [0.25, 0.3) is 0 Å². The molecule has 2 unspecified atom stereocenters. The van der Waals surface area contributed by atoms with E-state index in [0.717, 1.165) is 16.8 Å². The topological polar surface area (TPSA) is 95.1 Å². The van der Waals surface area contributed by atoms with Crippen molar-refractivity contribution in [2.75, 3.05) is 29.6 Å². The van der Waals surface area contributed by atoms with Crippen LogP contribution in [0.1, 0.15) is 11.1 Å². The Labute approximate surface area is 195 Å². The number of benzene rings is 2. The minimum Gasteiger partial charge on any atom is -0.495 e. The highest BCUT2D eigenvalue weighted by Gasteiger charge is 2.42. The number of thioether (sulfide) groups is 1. The van der Waals surface area contributed by atoms with Gasteiger partial charge in [0.2, 0.25) is 11.8 Å². The number of nitrogens with zero attached hydrogens (tertiary/aromatic N) is 2. The molecule has 2 aliphatic rings. The number of carbonyl (C=O) groups excluding carboxylic acids is 2. The van der Waals surface area contributed by atoms with Crippen molar-refractivity contribution in [1.82, 2.24) is 10.9 Å². The predicted octanol–water partition coefficient (Wildman–Crippen LogP) is 3.09. The van der Waals surface area contributed by atoms with Crippen LogP contribution in [0.15, 0.2) is 41.4 Å². The summed E-state index contributed by atoms with van der Waals surface area (Å²) < 4.78 is 5.22. The van der Waals surface area contributed by atoms with Crippen LogP contribution in [0.3, 0.4) is 0 Å². The number of carbonyl (C=O) groups is 2. The van der Waals surface area contributed by atoms with Crippen molar-refractivity contribution in [1.29, 1.82) is 0 Å². The summed E-state index contributed by atoms with van der Waals surface area (Å²) in [5.74, 6) is -0.0133. The Balaban J connectivity index is 1.54. The number of rotatable bonds is 5. The summed E-state index contributed by atoms with van der Waals surface area (Å²) in [4.78, 5) is 32.1. The van der Waals surface area contributed by atoms with E-state index in [4.69, 9.17) is 16.3 Å². The second-order valence-electron chi connectivity index (χ2n) is 7.64. The van der Waals surface area contributed by atoms with Crippen molar-refractivity contribution >= 4 is 51.7 Å². The van der Waals surface area contributed by atoms with E-state index in [2.05, 4.69) is 21.2 Å². The molecule has 8 nitrogen and oxygen atoms in total. The van der Waals surface area contributed by atoms with Gasteiger partial charge in [0.05, 0.1) is 29.5 Å². The quantitative estimate of drug-likeness (QED) is 0.617. The van der Waals surface area contributed by atoms with Crippen molar-refractivity contribution in [3.05, 3.63) is 52.5 Å². The molecule has 0 spiro atoms. The Kier molecular flexibility index (Phi) is 6.71. The second-order valence-corrected chi connectivity index (χ2v) is 8.99. The first-order chi connectivity index (χ1) is 15.4. The summed E-state index contributed by atoms with van der Waals surface area (Å²) >= 11 is 7.51. The van der Waals surface area contributed by atoms with Crippen LogP contribution in [-0.4, -0.2) is 42.6 Å². The molecule has 2 aromatic carbocycles. The summed E-state index contributed by atoms with van der Waals surface area (Å²) in [6.07, 6.45) is -0.377. The lowest BCUT2D eigenvalue weighted by atomic mass is 10.0. The van der Waals surface area contributed by atoms with E-state index in [1.807, 2.05) is 32.0 Å². The molecule has 0 saturated carbocycles. The number of methoxy groups -OCH3 is 1. The summed E-state index contributed by atoms with van der Waals surface area (Å²) in [7, 11) is 1.53. The van der Waals surface area contributed by atoms with Gasteiger partial charge in [0.25, 0.3) is 0 Å². The average Bonchev–Trinajstić information content (AvgIpc) is 3.23. The molecule has 0 bridgehead atoms. The second kappa shape index (κ2) is 9.50. The molecule has 2 heterocycles. The Morgan fingerprint density at radius 2 is 2.12 bits per heavy atom. The number of amides is 2. The van der Waals surface area contributed by atoms with E-state index in [0.29, 0.717) is 28.2 Å². The average molecular weight is 474 g/mol. The van der Waals surface area contributed by atoms with Gasteiger partial charge < -0.3 is 10.1 Å². The number of ether oxygens (including phenoxy) is 1. The van der Waals surface area contributed by atoms with Crippen molar-refractivity contribution in [3.8, 4) is 5.75 Å². The van der Waals surface area contributed by atoms with Gasteiger partial charge in [-0.2, -0.15) is 0 Å². The number of amidine groups is 1. The number of nitrogens with one attached hydrogen (secondary N) is 3. The van der Waals surface area contributed by atoms with Gasteiger partial charge in [0.1, 0.15) is 11.9 Å². The lowest BCUT2D eigenvalue weighted by molar-refractivity contribution is -0.121. The molecule has 2 aliphatic heterocycles. The fraction of sp³-hybridized carbons (Fsp3) is 0.318. The van der Waals surface area contributed by atoms with Crippen LogP contribution in [0.5, 0.6) is 5.75 Å². The van der Waals surface area contributed by atoms with Gasteiger partial charge in [-0.15, -0.1) is 0 Å². The molecule has 32 heavy (non-hydrogen) atoms. The van der Waals surface area contributed by atoms with Crippen LogP contribution in [0.2, 0.25) is 5.02 Å². The fourth-order valence-electron chi connectivity index (χ4n) is 3.67. The lowest BCUT2D eigenvalue weighted by Crippen LogP contribution is -2.49. The number of anilines is 2. The molecule has 0 radical (unpaired) electrons. The van der Waals surface area contributed by atoms with Gasteiger partial charge in [-0.25, -0.2) is 10.4 Å². The van der Waals surface area contributed by atoms with Crippen LogP contribution >= 0.6 is 23.4 Å². The summed E-state index contributed by atoms with van der Waals surface area (Å²) in [6.45, 7) is 4.43. The van der Waals surface area contributed by atoms with E-state index >= 15 is 0 Å². The molecule has 4 rings (SSSR count). The number of fused-ring (bicyclic) bond motifs is 1. The number of aryl methyl sites for hydroxylation is 2. The van der Waals surface area contributed by atoms with Crippen molar-refractivity contribution < 1.29 is 14.3 Å². The van der Waals surface area contributed by atoms with Crippen molar-refractivity contribution in [3.63, 3.8) is 0 Å². The first kappa shape index (κ1) is 22.6. The number of aliphatic imine (C=N–C) groups is 1. The zero-order valence-electron chi connectivity index (χ0n) is 17.9. The molecular formula is C22H24ClN5O3S. The van der Waals surface area contributed by atoms with Crippen LogP contribution in [-0.2, 0) is 9.59 Å². The zero-order chi connectivity index (χ0) is 22.8. The third-order valence-corrected chi connectivity index (χ3v) is 6.56. The number of hydrogen-bond donors (Lipinski definition) is 3. The molecule has 0 aromatic heterocycles. The molecule has 2 atom stereocenters. The molecule has 0 aliphatic carbocycles. The largest absolute Gasteiger partial charge is 0.495 e. The minimum atomic E-state index is -0.377. The summed E-state index contributed by atoms with van der Waals surface area (Å²) in [5.41, 5.74) is 9.47. The van der Waals surface area contributed by atoms with Gasteiger partial charge in [0, 0.05) is 12.2 Å². The fourth-order valence-corrected chi connectivity index (χ4v) is 4.77. The van der Waals surface area contributed by atoms with Crippen LogP contribution in [0, 0.1) is 19.8 Å². The summed E-state index contributed by atoms with van der Waals surface area (Å²) in [5, 5.41) is 3.75. The van der Waals surface area contributed by atoms with Gasteiger partial charge in [-0.05, 0) is 43.7 Å². The minimum absolute atomic E-state index is 0.102. The molecule has 10 heteroatoms. The molecule has 1 saturated heterocycles. The SMILES string of the molecule is COc1ccc(N2C(=O)C3CNNC3N=C2SCC(=O)Nc2ccc(C)cc2C)cc1Cl. The first-order valence-corrected chi connectivity index (χ1v) is 11.5. The number of hydrogen-bond acceptors (Lipinski definition) is 7. The highest BCUT2D eigenvalue weighted by atomic mass is 35.5. The maximum Gasteiger partial charge on any atom is 0.241 e. The Bertz CT molecular complexity index is 1090. The van der Waals surface area contributed by atoms with Gasteiger partial charge in [-0.3, -0.25) is 19.9 Å². The van der Waals surface area contributed by atoms with E-state index in [-0.39, 0.29) is 29.7 Å². The molecular weight excluding hydrogens is 450 g/mol. The Morgan fingerprint density at radius 3 is 2.84 bits per heavy atom. The monoisotopic (exact) mass is 473 g/mol. The third-order valence-electron chi connectivity index (χ3n) is 5.31. The Hall–Kier alpha value is -2.59. The molecule has 1 fully saturated rings. The standard InChI is InChI=1S/C22H24ClN5O3S/c1-12-4-6-17(13(2)8-12)25-19(29)11-32-22-26-20-15(10-24-27-20)21(30)28(22)14-5-7-18(31-3)16(23)9-14/h4-9,15,20,24,27H,10-11H2,1-3H3,(H,25,29). The lowest BCUT2D eigenvalue weighted by Gasteiger charge is -2.32. The number of hydrazine groups is 1. The van der Waals surface area contributed by atoms with E-state index in [1.165, 1.54) is 23.8 Å². The normalized spacial score (nSPS) is 20.1. The van der Waals surface area contributed by atoms with Gasteiger partial charge >= 0.3 is 0 Å². The molecule has 168 valence electrons. The van der Waals surface area contributed by atoms with Gasteiger partial charge in [-0.1, -0.05) is 41.1 Å². The zero-order valence-corrected chi connectivity index (χ0v) is 19.5. The first-order valence-electron chi connectivity index (χ1n) is 10.1. The van der Waals surface area contributed by atoms with E-state index < -0.39 is 0 Å². The molecule has 3 N–H and O–H groups in total. The van der Waals surface area contributed by atoms with Crippen molar-refractivity contribution in [2.45, 2.75) is 20.0 Å². The van der Waals surface area contributed by atoms with E-state index in [9.17, 15) is 9.59 Å². The Morgan fingerprint density at radius 1 is 1.31 bits per heavy atom. The van der Waals surface area contributed by atoms with Crippen LogP contribution < -0.4 is 25.8 Å². The predicted molar refractivity (Wildman–Crippen MR) is 128 cm³/mol. The highest BCUT2D eigenvalue weighted by molar-refractivity contribution is 8.14. The molecule has 2 amide bonds. The molecule has 2 aromatic rings. The smallest absolute Gasteiger partial charge is 0.241 e. The van der Waals surface area contributed by atoms with Gasteiger partial charge in [0.15, 0.2) is 5.17 Å². The maximum atomic E-state index is 13.3. The van der Waals surface area contributed by atoms with E-state index in [1.54, 1.807) is 18.2 Å². The highest BCUT2D eigenvalue weighted by Crippen LogP contribution is 2.34.